The molecular weight excluding hydrogens is 298 g/mol. The molecule has 0 N–H and O–H groups in total. The molecule has 1 heterocycles. The van der Waals surface area contributed by atoms with Gasteiger partial charge in [-0.2, -0.15) is 0 Å². The summed E-state index contributed by atoms with van der Waals surface area (Å²) in [6, 6.07) is 17.6. The fourth-order valence-corrected chi connectivity index (χ4v) is 2.78. The Kier molecular flexibility index (Phi) is 4.10. The minimum atomic E-state index is -0.541. The molecule has 0 aliphatic rings. The van der Waals surface area contributed by atoms with Crippen molar-refractivity contribution in [3.8, 4) is 11.3 Å². The molecule has 0 bridgehead atoms. The van der Waals surface area contributed by atoms with Crippen LogP contribution in [0.15, 0.2) is 54.6 Å². The largest absolute Gasteiger partial charge is 0.456 e. The zero-order valence-corrected chi connectivity index (χ0v) is 14.5. The Labute approximate surface area is 142 Å². The zero-order valence-electron chi connectivity index (χ0n) is 14.5. The van der Waals surface area contributed by atoms with Gasteiger partial charge in [-0.05, 0) is 39.3 Å². The summed E-state index contributed by atoms with van der Waals surface area (Å²) in [4.78, 5) is 17.6. The van der Waals surface area contributed by atoms with Crippen LogP contribution in [0.3, 0.4) is 0 Å². The number of fused-ring (bicyclic) bond motifs is 1. The molecule has 0 spiro atoms. The van der Waals surface area contributed by atoms with Crippen molar-refractivity contribution in [1.29, 1.82) is 0 Å². The second kappa shape index (κ2) is 6.08. The lowest BCUT2D eigenvalue weighted by Crippen LogP contribution is -2.24. The van der Waals surface area contributed by atoms with Gasteiger partial charge in [0.15, 0.2) is 0 Å². The van der Waals surface area contributed by atoms with Crippen LogP contribution < -0.4 is 0 Å². The number of rotatable bonds is 2. The van der Waals surface area contributed by atoms with Gasteiger partial charge in [-0.3, -0.25) is 0 Å². The van der Waals surface area contributed by atoms with E-state index >= 15 is 0 Å². The van der Waals surface area contributed by atoms with Gasteiger partial charge in [0.25, 0.3) is 0 Å². The van der Waals surface area contributed by atoms with Crippen molar-refractivity contribution < 1.29 is 9.53 Å². The molecule has 0 aliphatic heterocycles. The Morgan fingerprint density at radius 1 is 0.958 bits per heavy atom. The molecule has 0 saturated carbocycles. The summed E-state index contributed by atoms with van der Waals surface area (Å²) >= 11 is 0. The van der Waals surface area contributed by atoms with Crippen LogP contribution in [0.25, 0.3) is 22.2 Å². The van der Waals surface area contributed by atoms with E-state index in [4.69, 9.17) is 9.72 Å². The van der Waals surface area contributed by atoms with Crippen LogP contribution in [0.1, 0.15) is 36.7 Å². The zero-order chi connectivity index (χ0) is 17.3. The van der Waals surface area contributed by atoms with Crippen LogP contribution in [0.4, 0.5) is 0 Å². The standard InChI is InChI=1S/C21H21NO2/c1-14-18(20(23)24-21(2,3)4)16-12-8-9-13-17(16)22-19(14)15-10-6-5-7-11-15/h5-13H,1-4H3. The van der Waals surface area contributed by atoms with Crippen molar-refractivity contribution in [1.82, 2.24) is 4.98 Å². The average Bonchev–Trinajstić information content (AvgIpc) is 2.53. The fourth-order valence-electron chi connectivity index (χ4n) is 2.78. The number of carbonyl (C=O) groups is 1. The van der Waals surface area contributed by atoms with E-state index in [1.54, 1.807) is 0 Å². The molecule has 3 heteroatoms. The highest BCUT2D eigenvalue weighted by Crippen LogP contribution is 2.30. The monoisotopic (exact) mass is 319 g/mol. The minimum Gasteiger partial charge on any atom is -0.456 e. The molecule has 2 aromatic carbocycles. The Morgan fingerprint density at radius 2 is 1.58 bits per heavy atom. The molecule has 3 aromatic rings. The number of benzene rings is 2. The second-order valence-electron chi connectivity index (χ2n) is 6.85. The van der Waals surface area contributed by atoms with Crippen molar-refractivity contribution in [2.45, 2.75) is 33.3 Å². The fraction of sp³-hybridized carbons (Fsp3) is 0.238. The molecule has 1 aromatic heterocycles. The van der Waals surface area contributed by atoms with Gasteiger partial charge in [0, 0.05) is 10.9 Å². The minimum absolute atomic E-state index is 0.309. The van der Waals surface area contributed by atoms with Crippen molar-refractivity contribution in [2.24, 2.45) is 0 Å². The van der Waals surface area contributed by atoms with E-state index in [-0.39, 0.29) is 5.97 Å². The second-order valence-corrected chi connectivity index (χ2v) is 6.85. The van der Waals surface area contributed by atoms with Gasteiger partial charge < -0.3 is 4.74 Å². The average molecular weight is 319 g/mol. The molecule has 0 unspecified atom stereocenters. The first-order valence-corrected chi connectivity index (χ1v) is 8.05. The van der Waals surface area contributed by atoms with Crippen LogP contribution in [0, 0.1) is 6.92 Å². The van der Waals surface area contributed by atoms with Gasteiger partial charge in [-0.1, -0.05) is 48.5 Å². The number of para-hydroxylation sites is 1. The molecule has 24 heavy (non-hydrogen) atoms. The molecule has 0 atom stereocenters. The highest BCUT2D eigenvalue weighted by Gasteiger charge is 2.24. The number of nitrogens with zero attached hydrogens (tertiary/aromatic N) is 1. The Bertz CT molecular complexity index is 893. The highest BCUT2D eigenvalue weighted by atomic mass is 16.6. The molecule has 122 valence electrons. The number of hydrogen-bond donors (Lipinski definition) is 0. The van der Waals surface area contributed by atoms with Gasteiger partial charge in [0.1, 0.15) is 5.60 Å². The number of ether oxygens (including phenoxy) is 1. The summed E-state index contributed by atoms with van der Waals surface area (Å²) in [5.41, 5.74) is 3.49. The van der Waals surface area contributed by atoms with E-state index in [9.17, 15) is 4.79 Å². The smallest absolute Gasteiger partial charge is 0.339 e. The van der Waals surface area contributed by atoms with E-state index in [1.807, 2.05) is 82.3 Å². The summed E-state index contributed by atoms with van der Waals surface area (Å²) in [6.07, 6.45) is 0. The van der Waals surface area contributed by atoms with Crippen LogP contribution in [-0.4, -0.2) is 16.6 Å². The Hall–Kier alpha value is -2.68. The first-order valence-electron chi connectivity index (χ1n) is 8.05. The maximum absolute atomic E-state index is 12.8. The summed E-state index contributed by atoms with van der Waals surface area (Å²) in [6.45, 7) is 7.56. The third kappa shape index (κ3) is 3.16. The van der Waals surface area contributed by atoms with Crippen molar-refractivity contribution in [3.05, 3.63) is 65.7 Å². The third-order valence-electron chi connectivity index (χ3n) is 3.79. The van der Waals surface area contributed by atoms with E-state index in [0.29, 0.717) is 5.56 Å². The predicted molar refractivity (Wildman–Crippen MR) is 97.1 cm³/mol. The highest BCUT2D eigenvalue weighted by molar-refractivity contribution is 6.06. The molecule has 0 amide bonds. The first-order chi connectivity index (χ1) is 11.4. The number of aromatic nitrogens is 1. The first kappa shape index (κ1) is 16.2. The van der Waals surface area contributed by atoms with E-state index < -0.39 is 5.60 Å². The van der Waals surface area contributed by atoms with Gasteiger partial charge in [-0.25, -0.2) is 9.78 Å². The van der Waals surface area contributed by atoms with Crippen LogP contribution >= 0.6 is 0 Å². The van der Waals surface area contributed by atoms with Crippen LogP contribution in [0.2, 0.25) is 0 Å². The summed E-state index contributed by atoms with van der Waals surface area (Å²) in [7, 11) is 0. The van der Waals surface area contributed by atoms with Gasteiger partial charge in [0.2, 0.25) is 0 Å². The lowest BCUT2D eigenvalue weighted by atomic mass is 9.97. The maximum atomic E-state index is 12.8. The van der Waals surface area contributed by atoms with Crippen molar-refractivity contribution in [2.75, 3.05) is 0 Å². The molecule has 0 radical (unpaired) electrons. The van der Waals surface area contributed by atoms with Gasteiger partial charge in [-0.15, -0.1) is 0 Å². The molecule has 3 nitrogen and oxygen atoms in total. The number of pyridine rings is 1. The Morgan fingerprint density at radius 3 is 2.25 bits per heavy atom. The van der Waals surface area contributed by atoms with Gasteiger partial charge in [0.05, 0.1) is 16.8 Å². The lowest BCUT2D eigenvalue weighted by molar-refractivity contribution is 0.00711. The van der Waals surface area contributed by atoms with Crippen molar-refractivity contribution in [3.63, 3.8) is 0 Å². The normalized spacial score (nSPS) is 11.5. The molecule has 0 aliphatic carbocycles. The molecule has 0 saturated heterocycles. The summed E-state index contributed by atoms with van der Waals surface area (Å²) < 4.78 is 5.64. The third-order valence-corrected chi connectivity index (χ3v) is 3.79. The van der Waals surface area contributed by atoms with Crippen LogP contribution in [-0.2, 0) is 4.74 Å². The van der Waals surface area contributed by atoms with E-state index in [2.05, 4.69) is 0 Å². The molecule has 0 fully saturated rings. The number of esters is 1. The maximum Gasteiger partial charge on any atom is 0.339 e. The number of carbonyl (C=O) groups excluding carboxylic acids is 1. The summed E-state index contributed by atoms with van der Waals surface area (Å²) in [5, 5.41) is 0.823. The van der Waals surface area contributed by atoms with E-state index in [0.717, 1.165) is 27.7 Å². The predicted octanol–water partition coefficient (Wildman–Crippen LogP) is 5.17. The van der Waals surface area contributed by atoms with Gasteiger partial charge >= 0.3 is 5.97 Å². The van der Waals surface area contributed by atoms with Crippen molar-refractivity contribution >= 4 is 16.9 Å². The Balaban J connectivity index is 2.26. The SMILES string of the molecule is Cc1c(-c2ccccc2)nc2ccccc2c1C(=O)OC(C)(C)C. The molecule has 3 rings (SSSR count). The number of hydrogen-bond acceptors (Lipinski definition) is 3. The van der Waals surface area contributed by atoms with Crippen LogP contribution in [0.5, 0.6) is 0 Å². The lowest BCUT2D eigenvalue weighted by Gasteiger charge is -2.21. The molecular formula is C21H21NO2. The quantitative estimate of drug-likeness (QED) is 0.612. The van der Waals surface area contributed by atoms with E-state index in [1.165, 1.54) is 0 Å². The summed E-state index contributed by atoms with van der Waals surface area (Å²) in [5.74, 6) is -0.309. The topological polar surface area (TPSA) is 39.2 Å².